The van der Waals surface area contributed by atoms with Crippen molar-refractivity contribution >= 4 is 45.1 Å². The van der Waals surface area contributed by atoms with Crippen molar-refractivity contribution in [1.82, 2.24) is 4.90 Å². The van der Waals surface area contributed by atoms with Crippen molar-refractivity contribution in [2.45, 2.75) is 69.2 Å². The molecule has 1 aromatic carbocycles. The second kappa shape index (κ2) is 12.0. The predicted octanol–water partition coefficient (Wildman–Crippen LogP) is 3.13. The van der Waals surface area contributed by atoms with E-state index in [0.29, 0.717) is 18.5 Å². The van der Waals surface area contributed by atoms with Gasteiger partial charge in [0.15, 0.2) is 0 Å². The number of anilines is 2. The Bertz CT molecular complexity index is 1080. The number of alkyl halides is 1. The lowest BCUT2D eigenvalue weighted by atomic mass is 9.70. The van der Waals surface area contributed by atoms with E-state index >= 15 is 0 Å². The number of halogens is 1. The fourth-order valence-corrected chi connectivity index (χ4v) is 7.64. The largest absolute Gasteiger partial charge is 0.466 e. The molecule has 9 nitrogen and oxygen atoms in total. The van der Waals surface area contributed by atoms with Crippen molar-refractivity contribution < 1.29 is 29.0 Å². The van der Waals surface area contributed by atoms with Gasteiger partial charge in [0.1, 0.15) is 11.6 Å². The average Bonchev–Trinajstić information content (AvgIpc) is 3.53. The first-order valence-corrected chi connectivity index (χ1v) is 14.8. The molecule has 0 aliphatic carbocycles. The van der Waals surface area contributed by atoms with Crippen LogP contribution in [-0.2, 0) is 23.9 Å². The highest BCUT2D eigenvalue weighted by molar-refractivity contribution is 9.09. The van der Waals surface area contributed by atoms with Gasteiger partial charge < -0.3 is 29.3 Å². The van der Waals surface area contributed by atoms with E-state index in [2.05, 4.69) is 41.3 Å². The molecule has 3 saturated heterocycles. The molecule has 1 unspecified atom stereocenters. The van der Waals surface area contributed by atoms with E-state index in [-0.39, 0.29) is 36.4 Å². The molecule has 7 atom stereocenters. The maximum atomic E-state index is 14.6. The number of fused-ring (bicyclic) bond motifs is 1. The minimum atomic E-state index is -1.21. The van der Waals surface area contributed by atoms with Gasteiger partial charge in [-0.25, -0.2) is 0 Å². The number of benzene rings is 1. The van der Waals surface area contributed by atoms with Gasteiger partial charge in [0.05, 0.1) is 37.2 Å². The van der Waals surface area contributed by atoms with E-state index in [1.54, 1.807) is 17.9 Å². The van der Waals surface area contributed by atoms with Crippen molar-refractivity contribution in [1.29, 1.82) is 0 Å². The van der Waals surface area contributed by atoms with Crippen LogP contribution in [0.15, 0.2) is 36.9 Å². The Balaban J connectivity index is 1.79. The van der Waals surface area contributed by atoms with E-state index in [4.69, 9.17) is 9.47 Å². The molecule has 2 amide bonds. The standard InChI is InChI=1S/C29H40BrN3O6/c1-6-15-32(20-13-11-19(12-14-20)31(8-3)9-4)27(36)25-29-16-21(30)24(39-29)22(28(37)38-10-5)23(29)26(35)33(25)18(7-2)17-34/h6,11-14,18,21-25,34H,1,7-10,15-17H2,2-5H3/t18-,21?,22-,23+,24-,25-,29+/m0/s1. The molecule has 2 bridgehead atoms. The molecule has 214 valence electrons. The Labute approximate surface area is 239 Å². The summed E-state index contributed by atoms with van der Waals surface area (Å²) in [6.07, 6.45) is 1.91. The van der Waals surface area contributed by atoms with Gasteiger partial charge in [-0.05, 0) is 57.9 Å². The molecular weight excluding hydrogens is 566 g/mol. The molecule has 3 heterocycles. The quantitative estimate of drug-likeness (QED) is 0.222. The lowest BCUT2D eigenvalue weighted by Gasteiger charge is -2.39. The molecule has 3 aliphatic heterocycles. The number of rotatable bonds is 12. The lowest BCUT2D eigenvalue weighted by molar-refractivity contribution is -0.155. The topological polar surface area (TPSA) is 99.6 Å². The van der Waals surface area contributed by atoms with E-state index in [1.165, 1.54) is 4.90 Å². The molecule has 39 heavy (non-hydrogen) atoms. The molecule has 1 aromatic rings. The Morgan fingerprint density at radius 3 is 2.41 bits per heavy atom. The van der Waals surface area contributed by atoms with Crippen LogP contribution in [0.2, 0.25) is 0 Å². The molecule has 0 radical (unpaired) electrons. The van der Waals surface area contributed by atoms with Crippen LogP contribution in [0.4, 0.5) is 11.4 Å². The molecule has 0 aromatic heterocycles. The van der Waals surface area contributed by atoms with Crippen LogP contribution in [0.25, 0.3) is 0 Å². The number of carbonyl (C=O) groups is 3. The van der Waals surface area contributed by atoms with E-state index in [1.807, 2.05) is 31.2 Å². The molecule has 4 rings (SSSR count). The summed E-state index contributed by atoms with van der Waals surface area (Å²) in [6.45, 7) is 13.5. The zero-order chi connectivity index (χ0) is 28.5. The number of amides is 2. The first-order chi connectivity index (χ1) is 18.7. The maximum Gasteiger partial charge on any atom is 0.312 e. The highest BCUT2D eigenvalue weighted by Gasteiger charge is 2.77. The summed E-state index contributed by atoms with van der Waals surface area (Å²) in [5.74, 6) is -2.84. The lowest BCUT2D eigenvalue weighted by Crippen LogP contribution is -2.59. The fraction of sp³-hybridized carbons (Fsp3) is 0.621. The monoisotopic (exact) mass is 605 g/mol. The number of hydrogen-bond donors (Lipinski definition) is 1. The first kappa shape index (κ1) is 29.6. The van der Waals surface area contributed by atoms with Crippen LogP contribution in [0, 0.1) is 11.8 Å². The van der Waals surface area contributed by atoms with Crippen molar-refractivity contribution in [2.24, 2.45) is 11.8 Å². The third kappa shape index (κ3) is 4.78. The summed E-state index contributed by atoms with van der Waals surface area (Å²) >= 11 is 3.66. The van der Waals surface area contributed by atoms with Crippen LogP contribution in [0.5, 0.6) is 0 Å². The SMILES string of the molecule is C=CCN(C(=O)[C@@H]1N([C@@H](CC)CO)C(=O)[C@H]2[C@H](C(=O)OCC)[C@H]3O[C@@]12CC3Br)c1ccc(N(CC)CC)cc1. The van der Waals surface area contributed by atoms with Gasteiger partial charge in [0, 0.05) is 35.8 Å². The number of aliphatic hydroxyl groups is 1. The van der Waals surface area contributed by atoms with Gasteiger partial charge in [0.2, 0.25) is 5.91 Å². The Kier molecular flexibility index (Phi) is 9.08. The van der Waals surface area contributed by atoms with E-state index in [9.17, 15) is 19.5 Å². The molecule has 3 aliphatic rings. The van der Waals surface area contributed by atoms with Gasteiger partial charge in [-0.2, -0.15) is 0 Å². The third-order valence-electron chi connectivity index (χ3n) is 8.46. The van der Waals surface area contributed by atoms with E-state index in [0.717, 1.165) is 18.8 Å². The van der Waals surface area contributed by atoms with Crippen molar-refractivity contribution in [2.75, 3.05) is 42.6 Å². The van der Waals surface area contributed by atoms with Gasteiger partial charge in [-0.15, -0.1) is 6.58 Å². The number of hydrogen-bond acceptors (Lipinski definition) is 7. The fourth-order valence-electron chi connectivity index (χ4n) is 6.69. The maximum absolute atomic E-state index is 14.6. The van der Waals surface area contributed by atoms with Crippen molar-refractivity contribution in [3.63, 3.8) is 0 Å². The van der Waals surface area contributed by atoms with Gasteiger partial charge in [-0.3, -0.25) is 14.4 Å². The highest BCUT2D eigenvalue weighted by Crippen LogP contribution is 2.60. The number of esters is 1. The predicted molar refractivity (Wildman–Crippen MR) is 153 cm³/mol. The summed E-state index contributed by atoms with van der Waals surface area (Å²) in [4.78, 5) is 46.9. The number of aliphatic hydroxyl groups excluding tert-OH is 1. The molecular formula is C29H40BrN3O6. The second-order valence-corrected chi connectivity index (χ2v) is 11.5. The summed E-state index contributed by atoms with van der Waals surface area (Å²) in [5, 5.41) is 10.3. The molecule has 3 fully saturated rings. The van der Waals surface area contributed by atoms with Gasteiger partial charge in [-0.1, -0.05) is 28.9 Å². The highest BCUT2D eigenvalue weighted by atomic mass is 79.9. The summed E-state index contributed by atoms with van der Waals surface area (Å²) < 4.78 is 11.9. The Morgan fingerprint density at radius 1 is 1.23 bits per heavy atom. The van der Waals surface area contributed by atoms with E-state index < -0.39 is 41.6 Å². The smallest absolute Gasteiger partial charge is 0.312 e. The Hall–Kier alpha value is -2.43. The first-order valence-electron chi connectivity index (χ1n) is 13.9. The second-order valence-electron chi connectivity index (χ2n) is 10.3. The number of ether oxygens (including phenoxy) is 2. The average molecular weight is 607 g/mol. The molecule has 0 saturated carbocycles. The van der Waals surface area contributed by atoms with Crippen molar-refractivity contribution in [3.05, 3.63) is 36.9 Å². The molecule has 1 spiro atoms. The van der Waals surface area contributed by atoms with Crippen LogP contribution in [-0.4, -0.2) is 89.3 Å². The normalized spacial score (nSPS) is 29.7. The third-order valence-corrected chi connectivity index (χ3v) is 9.31. The van der Waals surface area contributed by atoms with Crippen LogP contribution in [0.1, 0.15) is 40.5 Å². The summed E-state index contributed by atoms with van der Waals surface area (Å²) in [6, 6.07) is 6.15. The van der Waals surface area contributed by atoms with Gasteiger partial charge in [0.25, 0.3) is 5.91 Å². The number of likely N-dealkylation sites (tertiary alicyclic amines) is 1. The number of nitrogens with zero attached hydrogens (tertiary/aromatic N) is 3. The zero-order valence-electron chi connectivity index (χ0n) is 23.2. The minimum Gasteiger partial charge on any atom is -0.466 e. The zero-order valence-corrected chi connectivity index (χ0v) is 24.8. The molecule has 10 heteroatoms. The molecule has 1 N–H and O–H groups in total. The summed E-state index contributed by atoms with van der Waals surface area (Å²) in [5.41, 5.74) is 0.507. The number of carbonyl (C=O) groups excluding carboxylic acids is 3. The van der Waals surface area contributed by atoms with Crippen molar-refractivity contribution in [3.8, 4) is 0 Å². The minimum absolute atomic E-state index is 0.180. The Morgan fingerprint density at radius 2 is 1.87 bits per heavy atom. The van der Waals surface area contributed by atoms with Gasteiger partial charge >= 0.3 is 5.97 Å². The summed E-state index contributed by atoms with van der Waals surface area (Å²) in [7, 11) is 0. The van der Waals surface area contributed by atoms with Crippen LogP contribution >= 0.6 is 15.9 Å². The van der Waals surface area contributed by atoms with Crippen LogP contribution in [0.3, 0.4) is 0 Å². The van der Waals surface area contributed by atoms with Crippen LogP contribution < -0.4 is 9.80 Å².